The molecule has 0 saturated heterocycles. The number of fused-ring (bicyclic) bond motifs is 8. The zero-order valence-electron chi connectivity index (χ0n) is 32.3. The van der Waals surface area contributed by atoms with Crippen LogP contribution in [0.4, 0.5) is 0 Å². The standard InChI is InChI=1S/C56H42/c1-55(2)49-24-14-12-20-41(49)43-29-27-37(33-51(43)55)53-45-22-10-11-23-46(45)54(38-28-30-44-42-21-13-15-25-50(42)56(3,4)52(44)34-38)48-32-36(26-31-47(48)53)40-19-9-8-18-39(40)35-16-6-5-7-17-35/h5-34H,1-4H3. The molecule has 0 saturated carbocycles. The number of hydrogen-bond donors (Lipinski definition) is 0. The molecule has 0 aromatic heterocycles. The van der Waals surface area contributed by atoms with E-state index < -0.39 is 0 Å². The van der Waals surface area contributed by atoms with Crippen molar-refractivity contribution >= 4 is 21.5 Å². The van der Waals surface area contributed by atoms with Gasteiger partial charge in [-0.05, 0) is 129 Å². The summed E-state index contributed by atoms with van der Waals surface area (Å²) in [5.41, 5.74) is 20.9. The lowest BCUT2D eigenvalue weighted by molar-refractivity contribution is 0.660. The van der Waals surface area contributed by atoms with Gasteiger partial charge >= 0.3 is 0 Å². The second-order valence-electron chi connectivity index (χ2n) is 16.8. The Hall–Kier alpha value is -6.50. The van der Waals surface area contributed by atoms with Crippen LogP contribution in [-0.2, 0) is 10.8 Å². The lowest BCUT2D eigenvalue weighted by Gasteiger charge is -2.24. The van der Waals surface area contributed by atoms with Crippen LogP contribution < -0.4 is 0 Å². The Labute approximate surface area is 329 Å². The van der Waals surface area contributed by atoms with Crippen molar-refractivity contribution in [3.63, 3.8) is 0 Å². The van der Waals surface area contributed by atoms with Crippen molar-refractivity contribution in [1.82, 2.24) is 0 Å². The fourth-order valence-corrected chi connectivity index (χ4v) is 10.3. The Morgan fingerprint density at radius 2 is 0.643 bits per heavy atom. The number of hydrogen-bond acceptors (Lipinski definition) is 0. The van der Waals surface area contributed by atoms with Gasteiger partial charge in [0.05, 0.1) is 0 Å². The van der Waals surface area contributed by atoms with Crippen LogP contribution in [0, 0.1) is 0 Å². The zero-order chi connectivity index (χ0) is 37.8. The Morgan fingerprint density at radius 1 is 0.250 bits per heavy atom. The molecule has 0 spiro atoms. The average Bonchev–Trinajstić information content (AvgIpc) is 3.61. The lowest BCUT2D eigenvalue weighted by atomic mass is 9.79. The second kappa shape index (κ2) is 12.0. The van der Waals surface area contributed by atoms with E-state index in [0.717, 1.165) is 0 Å². The summed E-state index contributed by atoms with van der Waals surface area (Å²) in [6.45, 7) is 9.52. The largest absolute Gasteiger partial charge is 0.0622 e. The first-order chi connectivity index (χ1) is 27.3. The third-order valence-corrected chi connectivity index (χ3v) is 13.1. The maximum absolute atomic E-state index is 2.50. The SMILES string of the molecule is CC1(C)c2ccccc2-c2ccc(-c3c4ccccc4c(-c4ccc5c(c4)C(C)(C)c4ccccc4-5)c4cc(-c5ccccc5-c5ccccc5)ccc34)cc21. The van der Waals surface area contributed by atoms with Crippen molar-refractivity contribution < 1.29 is 0 Å². The summed E-state index contributed by atoms with van der Waals surface area (Å²) in [6, 6.07) is 68.3. The van der Waals surface area contributed by atoms with Gasteiger partial charge in [-0.25, -0.2) is 0 Å². The molecule has 0 fully saturated rings. The highest BCUT2D eigenvalue weighted by atomic mass is 14.4. The first kappa shape index (κ1) is 32.9. The molecule has 0 bridgehead atoms. The molecule has 11 rings (SSSR count). The molecule has 0 heteroatoms. The van der Waals surface area contributed by atoms with Crippen LogP contribution in [0.2, 0.25) is 0 Å². The fourth-order valence-electron chi connectivity index (χ4n) is 10.3. The van der Waals surface area contributed by atoms with E-state index in [1.54, 1.807) is 0 Å². The van der Waals surface area contributed by atoms with Crippen molar-refractivity contribution in [2.45, 2.75) is 38.5 Å². The van der Waals surface area contributed by atoms with Crippen LogP contribution in [-0.4, -0.2) is 0 Å². The van der Waals surface area contributed by atoms with E-state index in [-0.39, 0.29) is 10.8 Å². The Balaban J connectivity index is 1.21. The van der Waals surface area contributed by atoms with E-state index in [0.29, 0.717) is 0 Å². The predicted octanol–water partition coefficient (Wildman–Crippen LogP) is 15.3. The molecule has 0 aliphatic heterocycles. The van der Waals surface area contributed by atoms with Crippen LogP contribution in [0.1, 0.15) is 49.9 Å². The molecule has 0 unspecified atom stereocenters. The molecule has 0 N–H and O–H groups in total. The molecule has 0 heterocycles. The van der Waals surface area contributed by atoms with E-state index >= 15 is 0 Å². The van der Waals surface area contributed by atoms with Crippen molar-refractivity contribution in [2.75, 3.05) is 0 Å². The van der Waals surface area contributed by atoms with Gasteiger partial charge in [-0.1, -0.05) is 191 Å². The molecule has 0 atom stereocenters. The first-order valence-electron chi connectivity index (χ1n) is 19.9. The van der Waals surface area contributed by atoms with Crippen LogP contribution in [0.3, 0.4) is 0 Å². The van der Waals surface area contributed by atoms with Gasteiger partial charge in [0, 0.05) is 10.8 Å². The van der Waals surface area contributed by atoms with Gasteiger partial charge in [0.15, 0.2) is 0 Å². The highest BCUT2D eigenvalue weighted by Crippen LogP contribution is 2.53. The van der Waals surface area contributed by atoms with Crippen molar-refractivity contribution in [2.24, 2.45) is 0 Å². The van der Waals surface area contributed by atoms with Gasteiger partial charge in [0.2, 0.25) is 0 Å². The van der Waals surface area contributed by atoms with Gasteiger partial charge in [-0.2, -0.15) is 0 Å². The van der Waals surface area contributed by atoms with E-state index in [2.05, 4.69) is 210 Å². The van der Waals surface area contributed by atoms with Crippen molar-refractivity contribution in [1.29, 1.82) is 0 Å². The Morgan fingerprint density at radius 3 is 1.20 bits per heavy atom. The summed E-state index contributed by atoms with van der Waals surface area (Å²) in [5.74, 6) is 0. The summed E-state index contributed by atoms with van der Waals surface area (Å²) in [7, 11) is 0. The summed E-state index contributed by atoms with van der Waals surface area (Å²) in [4.78, 5) is 0. The van der Waals surface area contributed by atoms with Gasteiger partial charge in [0.1, 0.15) is 0 Å². The van der Waals surface area contributed by atoms with Crippen LogP contribution in [0.25, 0.3) is 88.3 Å². The highest BCUT2D eigenvalue weighted by molar-refractivity contribution is 6.22. The highest BCUT2D eigenvalue weighted by Gasteiger charge is 2.37. The van der Waals surface area contributed by atoms with Gasteiger partial charge in [-0.3, -0.25) is 0 Å². The van der Waals surface area contributed by atoms with Crippen molar-refractivity contribution in [3.05, 3.63) is 204 Å². The Bertz CT molecular complexity index is 3060. The summed E-state index contributed by atoms with van der Waals surface area (Å²) < 4.78 is 0. The summed E-state index contributed by atoms with van der Waals surface area (Å²) in [6.07, 6.45) is 0. The zero-order valence-corrected chi connectivity index (χ0v) is 32.3. The smallest absolute Gasteiger partial charge is 0.0159 e. The minimum absolute atomic E-state index is 0.0867. The van der Waals surface area contributed by atoms with E-state index in [1.165, 1.54) is 111 Å². The molecule has 0 radical (unpaired) electrons. The topological polar surface area (TPSA) is 0 Å². The number of benzene rings is 9. The molecule has 56 heavy (non-hydrogen) atoms. The lowest BCUT2D eigenvalue weighted by Crippen LogP contribution is -2.15. The van der Waals surface area contributed by atoms with Crippen LogP contribution >= 0.6 is 0 Å². The number of rotatable bonds is 4. The maximum atomic E-state index is 2.50. The molecule has 9 aromatic rings. The first-order valence-corrected chi connectivity index (χ1v) is 19.9. The van der Waals surface area contributed by atoms with Gasteiger partial charge < -0.3 is 0 Å². The summed E-state index contributed by atoms with van der Waals surface area (Å²) >= 11 is 0. The second-order valence-corrected chi connectivity index (χ2v) is 16.8. The minimum atomic E-state index is -0.0952. The van der Waals surface area contributed by atoms with Gasteiger partial charge in [-0.15, -0.1) is 0 Å². The molecule has 2 aliphatic rings. The molecule has 266 valence electrons. The summed E-state index contributed by atoms with van der Waals surface area (Å²) in [5, 5.41) is 5.11. The molecular weight excluding hydrogens is 673 g/mol. The molecule has 2 aliphatic carbocycles. The minimum Gasteiger partial charge on any atom is -0.0622 e. The monoisotopic (exact) mass is 714 g/mol. The van der Waals surface area contributed by atoms with Crippen LogP contribution in [0.15, 0.2) is 182 Å². The third-order valence-electron chi connectivity index (χ3n) is 13.1. The molecule has 9 aromatic carbocycles. The molecule has 0 amide bonds. The van der Waals surface area contributed by atoms with E-state index in [1.807, 2.05) is 0 Å². The van der Waals surface area contributed by atoms with Crippen LogP contribution in [0.5, 0.6) is 0 Å². The van der Waals surface area contributed by atoms with Gasteiger partial charge in [0.25, 0.3) is 0 Å². The third kappa shape index (κ3) is 4.66. The van der Waals surface area contributed by atoms with E-state index in [4.69, 9.17) is 0 Å². The maximum Gasteiger partial charge on any atom is 0.0159 e. The molecule has 0 nitrogen and oxygen atoms in total. The fraction of sp³-hybridized carbons (Fsp3) is 0.107. The molecular formula is C56H42. The quantitative estimate of drug-likeness (QED) is 0.159. The van der Waals surface area contributed by atoms with E-state index in [9.17, 15) is 0 Å². The average molecular weight is 715 g/mol. The normalized spacial score (nSPS) is 14.4. The Kier molecular flexibility index (Phi) is 7.05. The predicted molar refractivity (Wildman–Crippen MR) is 238 cm³/mol. The van der Waals surface area contributed by atoms with Crippen molar-refractivity contribution in [3.8, 4) is 66.8 Å².